The summed E-state index contributed by atoms with van der Waals surface area (Å²) in [5, 5.41) is 9.13. The molecule has 1 unspecified atom stereocenters. The SMILES string of the molecule is CCN1CCc2ncc(N3CCN(C4CCN(CC(C)C(=O)O)CC4)C3=O)nc2CC1.Cl.Cl.Cl. The second kappa shape index (κ2) is 13.6. The van der Waals surface area contributed by atoms with E-state index in [-0.39, 0.29) is 55.2 Å². The van der Waals surface area contributed by atoms with Gasteiger partial charge in [-0.1, -0.05) is 13.8 Å². The van der Waals surface area contributed by atoms with Crippen LogP contribution in [0.25, 0.3) is 0 Å². The number of carbonyl (C=O) groups excluding carboxylic acids is 1. The van der Waals surface area contributed by atoms with E-state index in [1.807, 2.05) is 4.90 Å². The lowest BCUT2D eigenvalue weighted by atomic mass is 10.0. The predicted molar refractivity (Wildman–Crippen MR) is 139 cm³/mol. The lowest BCUT2D eigenvalue weighted by molar-refractivity contribution is -0.141. The fourth-order valence-electron chi connectivity index (χ4n) is 4.92. The molecule has 9 nitrogen and oxygen atoms in total. The summed E-state index contributed by atoms with van der Waals surface area (Å²) in [4.78, 5) is 42.1. The molecule has 0 bridgehead atoms. The smallest absolute Gasteiger partial charge is 0.326 e. The van der Waals surface area contributed by atoms with E-state index in [9.17, 15) is 9.59 Å². The van der Waals surface area contributed by atoms with Gasteiger partial charge >= 0.3 is 12.0 Å². The van der Waals surface area contributed by atoms with E-state index in [0.717, 1.165) is 69.8 Å². The number of hydrogen-bond donors (Lipinski definition) is 1. The minimum absolute atomic E-state index is 0. The maximum Gasteiger partial charge on any atom is 0.326 e. The summed E-state index contributed by atoms with van der Waals surface area (Å²) >= 11 is 0. The van der Waals surface area contributed by atoms with E-state index in [2.05, 4.69) is 21.7 Å². The zero-order valence-electron chi connectivity index (χ0n) is 19.9. The van der Waals surface area contributed by atoms with Crippen molar-refractivity contribution in [3.8, 4) is 0 Å². The molecular weight excluding hydrogens is 503 g/mol. The van der Waals surface area contributed by atoms with Crippen LogP contribution in [0.15, 0.2) is 6.20 Å². The molecule has 0 spiro atoms. The lowest BCUT2D eigenvalue weighted by Gasteiger charge is -2.37. The van der Waals surface area contributed by atoms with E-state index < -0.39 is 5.97 Å². The van der Waals surface area contributed by atoms with Gasteiger partial charge in [0.15, 0.2) is 5.82 Å². The van der Waals surface area contributed by atoms with Crippen LogP contribution in [0.2, 0.25) is 0 Å². The third-order valence-electron chi connectivity index (χ3n) is 6.96. The van der Waals surface area contributed by atoms with Crippen LogP contribution in [0.4, 0.5) is 10.6 Å². The Bertz CT molecular complexity index is 825. The molecule has 1 aromatic rings. The highest BCUT2D eigenvalue weighted by Crippen LogP contribution is 2.26. The van der Waals surface area contributed by atoms with Crippen LogP contribution in [0.3, 0.4) is 0 Å². The van der Waals surface area contributed by atoms with Crippen molar-refractivity contribution >= 4 is 55.0 Å². The van der Waals surface area contributed by atoms with Crippen LogP contribution in [0.5, 0.6) is 0 Å². The van der Waals surface area contributed by atoms with Gasteiger partial charge in [0, 0.05) is 64.7 Å². The second-order valence-corrected chi connectivity index (χ2v) is 8.95. The fraction of sp³-hybridized carbons (Fsp3) is 0.727. The van der Waals surface area contributed by atoms with Gasteiger partial charge < -0.3 is 19.8 Å². The number of carboxylic acid groups (broad SMARTS) is 1. The van der Waals surface area contributed by atoms with E-state index in [1.54, 1.807) is 18.0 Å². The molecule has 0 aromatic carbocycles. The number of halogens is 3. The van der Waals surface area contributed by atoms with Gasteiger partial charge in [-0.15, -0.1) is 37.2 Å². The van der Waals surface area contributed by atoms with Crippen molar-refractivity contribution in [1.29, 1.82) is 0 Å². The molecule has 2 amide bonds. The molecule has 12 heteroatoms. The maximum atomic E-state index is 13.2. The van der Waals surface area contributed by atoms with Crippen LogP contribution in [0, 0.1) is 5.92 Å². The second-order valence-electron chi connectivity index (χ2n) is 8.95. The molecule has 2 saturated heterocycles. The van der Waals surface area contributed by atoms with Crippen LogP contribution in [-0.2, 0) is 17.6 Å². The summed E-state index contributed by atoms with van der Waals surface area (Å²) in [6, 6.07) is 0.233. The Morgan fingerprint density at radius 1 is 1.03 bits per heavy atom. The molecule has 1 atom stereocenters. The first-order valence-electron chi connectivity index (χ1n) is 11.6. The summed E-state index contributed by atoms with van der Waals surface area (Å²) in [5.41, 5.74) is 2.09. The number of nitrogens with zero attached hydrogens (tertiary/aromatic N) is 6. The molecule has 34 heavy (non-hydrogen) atoms. The molecule has 1 aromatic heterocycles. The molecule has 194 valence electrons. The highest BCUT2D eigenvalue weighted by molar-refractivity contribution is 5.93. The van der Waals surface area contributed by atoms with Gasteiger partial charge in [-0.2, -0.15) is 0 Å². The number of carboxylic acids is 1. The molecule has 4 rings (SSSR count). The fourth-order valence-corrected chi connectivity index (χ4v) is 4.92. The van der Waals surface area contributed by atoms with Crippen molar-refractivity contribution in [1.82, 2.24) is 24.7 Å². The first kappa shape index (κ1) is 30.6. The number of likely N-dealkylation sites (N-methyl/N-ethyl adjacent to an activating group) is 1. The number of fused-ring (bicyclic) bond motifs is 1. The molecule has 0 saturated carbocycles. The first-order chi connectivity index (χ1) is 15.0. The van der Waals surface area contributed by atoms with Gasteiger partial charge in [0.1, 0.15) is 0 Å². The van der Waals surface area contributed by atoms with Gasteiger partial charge in [-0.3, -0.25) is 14.7 Å². The summed E-state index contributed by atoms with van der Waals surface area (Å²) in [5.74, 6) is -0.447. The van der Waals surface area contributed by atoms with E-state index in [0.29, 0.717) is 25.5 Å². The highest BCUT2D eigenvalue weighted by atomic mass is 35.5. The number of urea groups is 1. The average molecular weight is 540 g/mol. The third-order valence-corrected chi connectivity index (χ3v) is 6.96. The number of piperidine rings is 1. The average Bonchev–Trinajstić information content (AvgIpc) is 3.03. The number of carbonyl (C=O) groups is 2. The van der Waals surface area contributed by atoms with Gasteiger partial charge in [0.2, 0.25) is 0 Å². The Kier molecular flexibility index (Phi) is 12.3. The van der Waals surface area contributed by atoms with Gasteiger partial charge in [0.05, 0.1) is 23.5 Å². The summed E-state index contributed by atoms with van der Waals surface area (Å²) < 4.78 is 0. The standard InChI is InChI=1S/C22H34N6O3.3ClH/c1-3-25-10-6-18-19(7-11-25)24-20(14-23-18)28-13-12-27(22(28)31)17-4-8-26(9-5-17)15-16(2)21(29)30;;;/h14,16-17H,3-13,15H2,1-2H3,(H,29,30);3*1H. The Morgan fingerprint density at radius 3 is 2.29 bits per heavy atom. The molecule has 3 aliphatic rings. The molecule has 0 aliphatic carbocycles. The number of amides is 2. The zero-order valence-corrected chi connectivity index (χ0v) is 22.3. The quantitative estimate of drug-likeness (QED) is 0.594. The number of hydrogen-bond acceptors (Lipinski definition) is 6. The number of aliphatic carboxylic acids is 1. The van der Waals surface area contributed by atoms with E-state index >= 15 is 0 Å². The summed E-state index contributed by atoms with van der Waals surface area (Å²) in [6.07, 6.45) is 5.32. The van der Waals surface area contributed by atoms with E-state index in [1.165, 1.54) is 0 Å². The maximum absolute atomic E-state index is 13.2. The molecule has 4 heterocycles. The monoisotopic (exact) mass is 538 g/mol. The molecule has 0 radical (unpaired) electrons. The van der Waals surface area contributed by atoms with Crippen LogP contribution >= 0.6 is 37.2 Å². The summed E-state index contributed by atoms with van der Waals surface area (Å²) in [7, 11) is 0. The summed E-state index contributed by atoms with van der Waals surface area (Å²) in [6.45, 7) is 10.5. The molecule has 3 aliphatic heterocycles. The van der Waals surface area contributed by atoms with Crippen LogP contribution < -0.4 is 4.90 Å². The largest absolute Gasteiger partial charge is 0.481 e. The first-order valence-corrected chi connectivity index (χ1v) is 11.6. The Hall–Kier alpha value is -1.39. The van der Waals surface area contributed by atoms with Crippen molar-refractivity contribution in [3.05, 3.63) is 17.6 Å². The minimum Gasteiger partial charge on any atom is -0.481 e. The van der Waals surface area contributed by atoms with E-state index in [4.69, 9.17) is 10.1 Å². The normalized spacial score (nSPS) is 20.5. The van der Waals surface area contributed by atoms with Gasteiger partial charge in [-0.25, -0.2) is 9.78 Å². The highest BCUT2D eigenvalue weighted by Gasteiger charge is 2.37. The van der Waals surface area contributed by atoms with Crippen molar-refractivity contribution in [2.45, 2.75) is 45.6 Å². The minimum atomic E-state index is -0.753. The Morgan fingerprint density at radius 2 is 1.68 bits per heavy atom. The van der Waals surface area contributed by atoms with Gasteiger partial charge in [0.25, 0.3) is 0 Å². The molecule has 1 N–H and O–H groups in total. The van der Waals surface area contributed by atoms with Crippen molar-refractivity contribution in [2.24, 2.45) is 5.92 Å². The lowest BCUT2D eigenvalue weighted by Crippen LogP contribution is -2.47. The van der Waals surface area contributed by atoms with Crippen LogP contribution in [0.1, 0.15) is 38.1 Å². The number of anilines is 1. The van der Waals surface area contributed by atoms with Crippen molar-refractivity contribution in [2.75, 3.05) is 57.3 Å². The Balaban J connectivity index is 0.00000193. The molecular formula is C22H37Cl3N6O3. The van der Waals surface area contributed by atoms with Gasteiger partial charge in [-0.05, 0) is 19.4 Å². The zero-order chi connectivity index (χ0) is 22.0. The molecule has 2 fully saturated rings. The third kappa shape index (κ3) is 6.85. The number of likely N-dealkylation sites (tertiary alicyclic amines) is 1. The topological polar surface area (TPSA) is 93.1 Å². The van der Waals surface area contributed by atoms with Crippen molar-refractivity contribution < 1.29 is 14.7 Å². The predicted octanol–water partition coefficient (Wildman–Crippen LogP) is 2.59. The van der Waals surface area contributed by atoms with Crippen LogP contribution in [-0.4, -0.2) is 100 Å². The van der Waals surface area contributed by atoms with Crippen molar-refractivity contribution in [3.63, 3.8) is 0 Å². The number of rotatable bonds is 6. The number of aromatic nitrogens is 2. The Labute approximate surface area is 220 Å².